The van der Waals surface area contributed by atoms with E-state index in [9.17, 15) is 5.26 Å². The van der Waals surface area contributed by atoms with E-state index in [0.29, 0.717) is 23.5 Å². The van der Waals surface area contributed by atoms with Crippen molar-refractivity contribution in [1.82, 2.24) is 14.9 Å². The molecule has 0 amide bonds. The number of ether oxygens (including phenoxy) is 1. The van der Waals surface area contributed by atoms with Crippen LogP contribution in [0.1, 0.15) is 41.9 Å². The highest BCUT2D eigenvalue weighted by molar-refractivity contribution is 5.66. The normalized spacial score (nSPS) is 14.7. The maximum absolute atomic E-state index is 9.56. The van der Waals surface area contributed by atoms with Gasteiger partial charge in [-0.05, 0) is 37.0 Å². The quantitative estimate of drug-likeness (QED) is 0.602. The number of hydrogen-bond acceptors (Lipinski definition) is 6. The molecule has 6 heteroatoms. The first-order chi connectivity index (χ1) is 15.9. The van der Waals surface area contributed by atoms with Crippen LogP contribution in [0.2, 0.25) is 0 Å². The number of hydrogen-bond donors (Lipinski definition) is 1. The first kappa shape index (κ1) is 23.1. The molecule has 170 valence electrons. The maximum Gasteiger partial charge on any atom is 0.133 e. The zero-order valence-corrected chi connectivity index (χ0v) is 19.4. The zero-order valence-electron chi connectivity index (χ0n) is 19.4. The van der Waals surface area contributed by atoms with E-state index in [1.807, 2.05) is 38.1 Å². The number of aromatic nitrogens is 2. The molecule has 0 radical (unpaired) electrons. The van der Waals surface area contributed by atoms with E-state index in [-0.39, 0.29) is 0 Å². The summed E-state index contributed by atoms with van der Waals surface area (Å²) in [6.07, 6.45) is 3.28. The molecule has 2 aromatic carbocycles. The molecule has 1 saturated heterocycles. The average molecular weight is 442 g/mol. The summed E-state index contributed by atoms with van der Waals surface area (Å²) in [5, 5.41) is 9.56. The standard InChI is InChI=1S/C27H31N5O/c1-27(2,29)24-9-7-22(8-10-24)26-23(18-28)19-30-25(31-26)17-21-5-3-20(4-6-21)11-12-32-13-15-33-16-14-32/h3-10,19H,11-17,29H2,1-2H3. The van der Waals surface area contributed by atoms with Gasteiger partial charge in [-0.2, -0.15) is 5.26 Å². The Labute approximate surface area is 196 Å². The van der Waals surface area contributed by atoms with Gasteiger partial charge in [0.2, 0.25) is 0 Å². The fraction of sp³-hybridized carbons (Fsp3) is 0.370. The lowest BCUT2D eigenvalue weighted by molar-refractivity contribution is 0.0384. The second-order valence-corrected chi connectivity index (χ2v) is 9.16. The van der Waals surface area contributed by atoms with E-state index < -0.39 is 5.54 Å². The van der Waals surface area contributed by atoms with Gasteiger partial charge in [-0.3, -0.25) is 4.90 Å². The summed E-state index contributed by atoms with van der Waals surface area (Å²) in [4.78, 5) is 11.6. The highest BCUT2D eigenvalue weighted by Gasteiger charge is 2.15. The van der Waals surface area contributed by atoms with Gasteiger partial charge < -0.3 is 10.5 Å². The molecule has 1 aliphatic rings. The van der Waals surface area contributed by atoms with Crippen molar-refractivity contribution in [3.63, 3.8) is 0 Å². The Morgan fingerprint density at radius 1 is 1.03 bits per heavy atom. The SMILES string of the molecule is CC(C)(N)c1ccc(-c2nc(Cc3ccc(CCN4CCOCC4)cc3)ncc2C#N)cc1. The Hall–Kier alpha value is -3.11. The molecule has 0 unspecified atom stereocenters. The van der Waals surface area contributed by atoms with Crippen LogP contribution in [0.4, 0.5) is 0 Å². The molecule has 1 aromatic heterocycles. The predicted octanol–water partition coefficient (Wildman–Crippen LogP) is 3.67. The van der Waals surface area contributed by atoms with Crippen LogP contribution in [0.25, 0.3) is 11.3 Å². The molecule has 33 heavy (non-hydrogen) atoms. The van der Waals surface area contributed by atoms with Gasteiger partial charge in [0.15, 0.2) is 0 Å². The minimum Gasteiger partial charge on any atom is -0.379 e. The Bertz CT molecular complexity index is 1110. The van der Waals surface area contributed by atoms with Crippen LogP contribution >= 0.6 is 0 Å². The first-order valence-corrected chi connectivity index (χ1v) is 11.5. The summed E-state index contributed by atoms with van der Waals surface area (Å²) < 4.78 is 5.42. The van der Waals surface area contributed by atoms with E-state index in [1.165, 1.54) is 5.56 Å². The van der Waals surface area contributed by atoms with E-state index in [0.717, 1.165) is 56.0 Å². The summed E-state index contributed by atoms with van der Waals surface area (Å²) in [7, 11) is 0. The third-order valence-corrected chi connectivity index (χ3v) is 6.07. The minimum atomic E-state index is -0.415. The maximum atomic E-state index is 9.56. The Kier molecular flexibility index (Phi) is 7.14. The van der Waals surface area contributed by atoms with Crippen molar-refractivity contribution < 1.29 is 4.74 Å². The van der Waals surface area contributed by atoms with E-state index in [4.69, 9.17) is 15.5 Å². The van der Waals surface area contributed by atoms with Gasteiger partial charge in [0, 0.05) is 43.4 Å². The van der Waals surface area contributed by atoms with Crippen molar-refractivity contribution in [2.24, 2.45) is 5.73 Å². The average Bonchev–Trinajstić information content (AvgIpc) is 2.84. The summed E-state index contributed by atoms with van der Waals surface area (Å²) >= 11 is 0. The van der Waals surface area contributed by atoms with Gasteiger partial charge in [0.1, 0.15) is 11.9 Å². The fourth-order valence-electron chi connectivity index (χ4n) is 3.98. The molecule has 4 rings (SSSR count). The molecular weight excluding hydrogens is 410 g/mol. The van der Waals surface area contributed by atoms with Crippen LogP contribution in [0, 0.1) is 11.3 Å². The second-order valence-electron chi connectivity index (χ2n) is 9.16. The van der Waals surface area contributed by atoms with Crippen molar-refractivity contribution in [1.29, 1.82) is 5.26 Å². The molecule has 3 aromatic rings. The number of morpholine rings is 1. The number of rotatable bonds is 7. The van der Waals surface area contributed by atoms with Gasteiger partial charge in [-0.1, -0.05) is 48.5 Å². The second kappa shape index (κ2) is 10.2. The summed E-state index contributed by atoms with van der Waals surface area (Å²) in [6.45, 7) is 8.71. The van der Waals surface area contributed by atoms with Gasteiger partial charge in [0.25, 0.3) is 0 Å². The number of benzene rings is 2. The zero-order chi connectivity index (χ0) is 23.3. The third kappa shape index (κ3) is 6.02. The minimum absolute atomic E-state index is 0.415. The highest BCUT2D eigenvalue weighted by Crippen LogP contribution is 2.25. The van der Waals surface area contributed by atoms with Crippen molar-refractivity contribution in [3.8, 4) is 17.3 Å². The van der Waals surface area contributed by atoms with Gasteiger partial charge in [-0.25, -0.2) is 9.97 Å². The van der Waals surface area contributed by atoms with E-state index in [2.05, 4.69) is 40.2 Å². The van der Waals surface area contributed by atoms with Crippen molar-refractivity contribution in [2.75, 3.05) is 32.8 Å². The topological polar surface area (TPSA) is 88.1 Å². The predicted molar refractivity (Wildman–Crippen MR) is 130 cm³/mol. The molecule has 6 nitrogen and oxygen atoms in total. The molecular formula is C27H31N5O. The lowest BCUT2D eigenvalue weighted by atomic mass is 9.94. The van der Waals surface area contributed by atoms with Crippen LogP contribution < -0.4 is 5.73 Å². The van der Waals surface area contributed by atoms with Crippen LogP contribution in [0.3, 0.4) is 0 Å². The molecule has 2 heterocycles. The van der Waals surface area contributed by atoms with Gasteiger partial charge in [0.05, 0.1) is 24.5 Å². The molecule has 0 atom stereocenters. The molecule has 0 saturated carbocycles. The highest BCUT2D eigenvalue weighted by atomic mass is 16.5. The summed E-state index contributed by atoms with van der Waals surface area (Å²) in [5.74, 6) is 0.702. The van der Waals surface area contributed by atoms with Crippen LogP contribution in [0.15, 0.2) is 54.7 Å². The van der Waals surface area contributed by atoms with Crippen LogP contribution in [0.5, 0.6) is 0 Å². The fourth-order valence-corrected chi connectivity index (χ4v) is 3.98. The van der Waals surface area contributed by atoms with Gasteiger partial charge in [-0.15, -0.1) is 0 Å². The Morgan fingerprint density at radius 3 is 2.33 bits per heavy atom. The number of nitrogens with two attached hydrogens (primary N) is 1. The smallest absolute Gasteiger partial charge is 0.133 e. The molecule has 0 aliphatic carbocycles. The van der Waals surface area contributed by atoms with Crippen molar-refractivity contribution >= 4 is 0 Å². The molecule has 2 N–H and O–H groups in total. The molecule has 0 bridgehead atoms. The molecule has 1 fully saturated rings. The summed E-state index contributed by atoms with van der Waals surface area (Å²) in [5.41, 5.74) is 11.3. The summed E-state index contributed by atoms with van der Waals surface area (Å²) in [6, 6.07) is 18.8. The number of nitriles is 1. The monoisotopic (exact) mass is 441 g/mol. The number of nitrogens with zero attached hydrogens (tertiary/aromatic N) is 4. The van der Waals surface area contributed by atoms with Crippen molar-refractivity contribution in [3.05, 3.63) is 82.8 Å². The first-order valence-electron chi connectivity index (χ1n) is 11.5. The van der Waals surface area contributed by atoms with Crippen molar-refractivity contribution in [2.45, 2.75) is 32.2 Å². The van der Waals surface area contributed by atoms with Crippen LogP contribution in [-0.4, -0.2) is 47.7 Å². The lowest BCUT2D eigenvalue weighted by Gasteiger charge is -2.26. The van der Waals surface area contributed by atoms with Gasteiger partial charge >= 0.3 is 0 Å². The van der Waals surface area contributed by atoms with Crippen LogP contribution in [-0.2, 0) is 23.1 Å². The Morgan fingerprint density at radius 2 is 1.70 bits per heavy atom. The largest absolute Gasteiger partial charge is 0.379 e. The Balaban J connectivity index is 1.45. The molecule has 0 spiro atoms. The lowest BCUT2D eigenvalue weighted by Crippen LogP contribution is -2.37. The third-order valence-electron chi connectivity index (χ3n) is 6.07. The molecule has 1 aliphatic heterocycles. The van der Waals surface area contributed by atoms with E-state index in [1.54, 1.807) is 6.20 Å². The van der Waals surface area contributed by atoms with E-state index >= 15 is 0 Å².